The summed E-state index contributed by atoms with van der Waals surface area (Å²) in [6, 6.07) is 23.6. The summed E-state index contributed by atoms with van der Waals surface area (Å²) in [4.78, 5) is 0. The third kappa shape index (κ3) is 2.96. The number of nitrogens with two attached hydrogens (primary N) is 2. The molecule has 0 unspecified atom stereocenters. The van der Waals surface area contributed by atoms with Crippen molar-refractivity contribution < 1.29 is 0 Å². The standard InChI is InChI=1S/C18H18N4/c19-17-15(21-13-7-3-1-4-8-13)11-12-16(18(17)20)22-14-9-5-2-6-10-14/h1-12,21-22H,19-20H2. The fourth-order valence-corrected chi connectivity index (χ4v) is 2.21. The van der Waals surface area contributed by atoms with E-state index in [4.69, 9.17) is 11.5 Å². The van der Waals surface area contributed by atoms with Crippen molar-refractivity contribution in [1.82, 2.24) is 0 Å². The highest BCUT2D eigenvalue weighted by Crippen LogP contribution is 2.35. The first-order chi connectivity index (χ1) is 10.7. The maximum Gasteiger partial charge on any atom is 0.0808 e. The lowest BCUT2D eigenvalue weighted by molar-refractivity contribution is 1.51. The minimum Gasteiger partial charge on any atom is -0.395 e. The van der Waals surface area contributed by atoms with Crippen molar-refractivity contribution in [2.75, 3.05) is 22.1 Å². The van der Waals surface area contributed by atoms with Crippen LogP contribution in [0.5, 0.6) is 0 Å². The minimum absolute atomic E-state index is 0.532. The van der Waals surface area contributed by atoms with Gasteiger partial charge in [0.15, 0.2) is 0 Å². The number of nitrogen functional groups attached to an aromatic ring is 2. The Morgan fingerprint density at radius 1 is 0.500 bits per heavy atom. The van der Waals surface area contributed by atoms with Crippen LogP contribution in [0.1, 0.15) is 0 Å². The number of rotatable bonds is 4. The van der Waals surface area contributed by atoms with Crippen LogP contribution < -0.4 is 22.1 Å². The second kappa shape index (κ2) is 6.10. The molecule has 0 aliphatic rings. The zero-order valence-corrected chi connectivity index (χ0v) is 12.1. The number of nitrogens with one attached hydrogen (secondary N) is 2. The van der Waals surface area contributed by atoms with Crippen molar-refractivity contribution in [3.05, 3.63) is 72.8 Å². The lowest BCUT2D eigenvalue weighted by atomic mass is 10.1. The van der Waals surface area contributed by atoms with Gasteiger partial charge in [-0.2, -0.15) is 0 Å². The van der Waals surface area contributed by atoms with Crippen molar-refractivity contribution >= 4 is 34.1 Å². The second-order valence-electron chi connectivity index (χ2n) is 4.97. The van der Waals surface area contributed by atoms with E-state index in [-0.39, 0.29) is 0 Å². The van der Waals surface area contributed by atoms with Crippen LogP contribution in [0.25, 0.3) is 0 Å². The van der Waals surface area contributed by atoms with E-state index in [1.165, 1.54) is 0 Å². The van der Waals surface area contributed by atoms with Crippen LogP contribution in [0.2, 0.25) is 0 Å². The fourth-order valence-electron chi connectivity index (χ4n) is 2.21. The Balaban J connectivity index is 1.85. The van der Waals surface area contributed by atoms with Crippen molar-refractivity contribution in [3.8, 4) is 0 Å². The molecule has 0 saturated carbocycles. The first kappa shape index (κ1) is 13.8. The topological polar surface area (TPSA) is 76.1 Å². The van der Waals surface area contributed by atoms with E-state index >= 15 is 0 Å². The Hall–Kier alpha value is -3.14. The molecule has 22 heavy (non-hydrogen) atoms. The number of benzene rings is 3. The van der Waals surface area contributed by atoms with Gasteiger partial charge in [-0.05, 0) is 36.4 Å². The highest BCUT2D eigenvalue weighted by molar-refractivity contribution is 5.91. The molecule has 3 rings (SSSR count). The van der Waals surface area contributed by atoms with Gasteiger partial charge in [-0.3, -0.25) is 0 Å². The molecule has 0 heterocycles. The normalized spacial score (nSPS) is 10.2. The molecule has 0 atom stereocenters. The van der Waals surface area contributed by atoms with Crippen molar-refractivity contribution in [2.45, 2.75) is 0 Å². The fraction of sp³-hybridized carbons (Fsp3) is 0. The monoisotopic (exact) mass is 290 g/mol. The van der Waals surface area contributed by atoms with E-state index in [1.807, 2.05) is 72.8 Å². The maximum absolute atomic E-state index is 6.16. The first-order valence-electron chi connectivity index (χ1n) is 7.06. The Kier molecular flexibility index (Phi) is 3.83. The molecule has 0 spiro atoms. The average molecular weight is 290 g/mol. The van der Waals surface area contributed by atoms with Crippen molar-refractivity contribution in [1.29, 1.82) is 0 Å². The zero-order chi connectivity index (χ0) is 15.4. The Bertz CT molecular complexity index is 688. The summed E-state index contributed by atoms with van der Waals surface area (Å²) >= 11 is 0. The lowest BCUT2D eigenvalue weighted by Gasteiger charge is -2.15. The molecular formula is C18H18N4. The van der Waals surface area contributed by atoms with Gasteiger partial charge in [-0.1, -0.05) is 36.4 Å². The van der Waals surface area contributed by atoms with Gasteiger partial charge in [0.2, 0.25) is 0 Å². The SMILES string of the molecule is Nc1c(Nc2ccccc2)ccc(Nc2ccccc2)c1N. The Labute approximate surface area is 129 Å². The molecular weight excluding hydrogens is 272 g/mol. The quantitative estimate of drug-likeness (QED) is 0.539. The summed E-state index contributed by atoms with van der Waals surface area (Å²) in [5.74, 6) is 0. The van der Waals surface area contributed by atoms with E-state index in [1.54, 1.807) is 0 Å². The van der Waals surface area contributed by atoms with Crippen LogP contribution in [-0.4, -0.2) is 0 Å². The molecule has 0 fully saturated rings. The number of anilines is 6. The molecule has 0 aliphatic carbocycles. The Morgan fingerprint density at radius 3 is 1.23 bits per heavy atom. The maximum atomic E-state index is 6.16. The molecule has 0 aliphatic heterocycles. The van der Waals surface area contributed by atoms with E-state index in [0.29, 0.717) is 11.4 Å². The lowest BCUT2D eigenvalue weighted by Crippen LogP contribution is -2.04. The first-order valence-corrected chi connectivity index (χ1v) is 7.06. The molecule has 0 amide bonds. The van der Waals surface area contributed by atoms with Gasteiger partial charge in [-0.25, -0.2) is 0 Å². The minimum atomic E-state index is 0.532. The number of para-hydroxylation sites is 2. The van der Waals surface area contributed by atoms with Crippen LogP contribution in [0, 0.1) is 0 Å². The van der Waals surface area contributed by atoms with E-state index in [0.717, 1.165) is 22.7 Å². The molecule has 4 heteroatoms. The zero-order valence-electron chi connectivity index (χ0n) is 12.1. The molecule has 0 radical (unpaired) electrons. The summed E-state index contributed by atoms with van der Waals surface area (Å²) in [5.41, 5.74) is 16.9. The third-order valence-corrected chi connectivity index (χ3v) is 3.39. The predicted octanol–water partition coefficient (Wildman–Crippen LogP) is 4.34. The van der Waals surface area contributed by atoms with E-state index in [9.17, 15) is 0 Å². The van der Waals surface area contributed by atoms with Gasteiger partial charge in [0, 0.05) is 11.4 Å². The van der Waals surface area contributed by atoms with Gasteiger partial charge in [-0.15, -0.1) is 0 Å². The molecule has 0 bridgehead atoms. The van der Waals surface area contributed by atoms with Crippen molar-refractivity contribution in [3.63, 3.8) is 0 Å². The summed E-state index contributed by atoms with van der Waals surface area (Å²) < 4.78 is 0. The highest BCUT2D eigenvalue weighted by Gasteiger charge is 2.08. The molecule has 0 saturated heterocycles. The van der Waals surface area contributed by atoms with Crippen LogP contribution in [0.4, 0.5) is 34.1 Å². The largest absolute Gasteiger partial charge is 0.395 e. The van der Waals surface area contributed by atoms with Crippen molar-refractivity contribution in [2.24, 2.45) is 0 Å². The molecule has 6 N–H and O–H groups in total. The van der Waals surface area contributed by atoms with Crippen LogP contribution >= 0.6 is 0 Å². The van der Waals surface area contributed by atoms with Crippen LogP contribution in [0.15, 0.2) is 72.8 Å². The molecule has 0 aromatic heterocycles. The Morgan fingerprint density at radius 2 is 0.864 bits per heavy atom. The average Bonchev–Trinajstić information content (AvgIpc) is 2.56. The summed E-state index contributed by atoms with van der Waals surface area (Å²) in [5, 5.41) is 6.54. The highest BCUT2D eigenvalue weighted by atomic mass is 14.9. The molecule has 3 aromatic rings. The summed E-state index contributed by atoms with van der Waals surface area (Å²) in [7, 11) is 0. The molecule has 4 nitrogen and oxygen atoms in total. The smallest absolute Gasteiger partial charge is 0.0808 e. The molecule has 3 aromatic carbocycles. The second-order valence-corrected chi connectivity index (χ2v) is 4.97. The summed E-state index contributed by atoms with van der Waals surface area (Å²) in [6.07, 6.45) is 0. The van der Waals surface area contributed by atoms with E-state index in [2.05, 4.69) is 10.6 Å². The summed E-state index contributed by atoms with van der Waals surface area (Å²) in [6.45, 7) is 0. The van der Waals surface area contributed by atoms with Crippen LogP contribution in [0.3, 0.4) is 0 Å². The van der Waals surface area contributed by atoms with Gasteiger partial charge in [0.05, 0.1) is 22.7 Å². The predicted molar refractivity (Wildman–Crippen MR) is 94.7 cm³/mol. The van der Waals surface area contributed by atoms with Gasteiger partial charge < -0.3 is 22.1 Å². The van der Waals surface area contributed by atoms with Crippen LogP contribution in [-0.2, 0) is 0 Å². The van der Waals surface area contributed by atoms with Gasteiger partial charge in [0.1, 0.15) is 0 Å². The molecule has 110 valence electrons. The van der Waals surface area contributed by atoms with Gasteiger partial charge >= 0.3 is 0 Å². The number of hydrogen-bond acceptors (Lipinski definition) is 4. The number of hydrogen-bond donors (Lipinski definition) is 4. The van der Waals surface area contributed by atoms with Gasteiger partial charge in [0.25, 0.3) is 0 Å². The third-order valence-electron chi connectivity index (χ3n) is 3.39. The van der Waals surface area contributed by atoms with E-state index < -0.39 is 0 Å².